The van der Waals surface area contributed by atoms with Crippen LogP contribution in [0.3, 0.4) is 0 Å². The highest BCUT2D eigenvalue weighted by atomic mass is 16.3. The molecule has 86 valence electrons. The van der Waals surface area contributed by atoms with E-state index in [1.54, 1.807) is 0 Å². The Kier molecular flexibility index (Phi) is 3.96. The van der Waals surface area contributed by atoms with Gasteiger partial charge in [0.15, 0.2) is 0 Å². The minimum atomic E-state index is -0.0148. The number of aliphatic hydroxyl groups excluding tert-OH is 1. The fourth-order valence-corrected chi connectivity index (χ4v) is 1.40. The lowest BCUT2D eigenvalue weighted by Gasteiger charge is -2.14. The molecule has 1 atom stereocenters. The Morgan fingerprint density at radius 1 is 1.60 bits per heavy atom. The van der Waals surface area contributed by atoms with Gasteiger partial charge in [0.25, 0.3) is 0 Å². The number of nitrogens with zero attached hydrogens (tertiary/aromatic N) is 2. The minimum Gasteiger partial charge on any atom is -0.394 e. The lowest BCUT2D eigenvalue weighted by atomic mass is 10.3. The molecule has 0 radical (unpaired) electrons. The van der Waals surface area contributed by atoms with Crippen molar-refractivity contribution in [1.29, 1.82) is 0 Å². The number of aliphatic hydroxyl groups is 1. The van der Waals surface area contributed by atoms with Crippen molar-refractivity contribution in [2.45, 2.75) is 39.8 Å². The summed E-state index contributed by atoms with van der Waals surface area (Å²) in [5.41, 5.74) is 7.41. The van der Waals surface area contributed by atoms with Crippen molar-refractivity contribution in [3.8, 4) is 0 Å². The molecule has 15 heavy (non-hydrogen) atoms. The highest BCUT2D eigenvalue weighted by Crippen LogP contribution is 2.23. The van der Waals surface area contributed by atoms with Crippen LogP contribution in [0.25, 0.3) is 0 Å². The molecule has 1 aromatic rings. The highest BCUT2D eigenvalue weighted by molar-refractivity contribution is 5.65. The van der Waals surface area contributed by atoms with Gasteiger partial charge in [-0.15, -0.1) is 0 Å². The van der Waals surface area contributed by atoms with Crippen molar-refractivity contribution in [1.82, 2.24) is 9.78 Å². The second kappa shape index (κ2) is 5.02. The molecule has 4 N–H and O–H groups in total. The monoisotopic (exact) mass is 212 g/mol. The Labute approximate surface area is 90.3 Å². The van der Waals surface area contributed by atoms with Crippen molar-refractivity contribution in [3.63, 3.8) is 0 Å². The number of hydrogen-bond donors (Lipinski definition) is 3. The summed E-state index contributed by atoms with van der Waals surface area (Å²) in [6, 6.07) is -0.0148. The van der Waals surface area contributed by atoms with Crippen LogP contribution < -0.4 is 11.1 Å². The van der Waals surface area contributed by atoms with Gasteiger partial charge in [-0.2, -0.15) is 5.10 Å². The third-order valence-electron chi connectivity index (χ3n) is 2.27. The van der Waals surface area contributed by atoms with Crippen LogP contribution in [0.5, 0.6) is 0 Å². The zero-order chi connectivity index (χ0) is 11.4. The van der Waals surface area contributed by atoms with E-state index < -0.39 is 0 Å². The number of nitrogens with two attached hydrogens (primary N) is 1. The Morgan fingerprint density at radius 2 is 2.27 bits per heavy atom. The number of hydrogen-bond acceptors (Lipinski definition) is 4. The van der Waals surface area contributed by atoms with E-state index in [-0.39, 0.29) is 12.6 Å². The first kappa shape index (κ1) is 11.8. The van der Waals surface area contributed by atoms with E-state index in [0.717, 1.165) is 24.5 Å². The van der Waals surface area contributed by atoms with Gasteiger partial charge in [0.2, 0.25) is 0 Å². The van der Waals surface area contributed by atoms with Gasteiger partial charge in [-0.05, 0) is 20.3 Å². The summed E-state index contributed by atoms with van der Waals surface area (Å²) >= 11 is 0. The zero-order valence-corrected chi connectivity index (χ0v) is 9.62. The summed E-state index contributed by atoms with van der Waals surface area (Å²) in [6.07, 6.45) is 1.00. The second-order valence-electron chi connectivity index (χ2n) is 3.80. The van der Waals surface area contributed by atoms with Gasteiger partial charge < -0.3 is 16.2 Å². The third-order valence-corrected chi connectivity index (χ3v) is 2.27. The van der Waals surface area contributed by atoms with Crippen molar-refractivity contribution >= 4 is 11.5 Å². The van der Waals surface area contributed by atoms with Gasteiger partial charge in [0.1, 0.15) is 5.82 Å². The fraction of sp³-hybridized carbons (Fsp3) is 0.700. The van der Waals surface area contributed by atoms with E-state index in [1.807, 2.05) is 18.5 Å². The first-order valence-corrected chi connectivity index (χ1v) is 5.30. The van der Waals surface area contributed by atoms with Gasteiger partial charge in [-0.1, -0.05) is 6.92 Å². The summed E-state index contributed by atoms with van der Waals surface area (Å²) in [5.74, 6) is 0.816. The molecule has 0 saturated heterocycles. The molecule has 0 spiro atoms. The van der Waals surface area contributed by atoms with Gasteiger partial charge in [0, 0.05) is 12.6 Å². The van der Waals surface area contributed by atoms with Crippen LogP contribution in [0.15, 0.2) is 0 Å². The van der Waals surface area contributed by atoms with Gasteiger partial charge in [0.05, 0.1) is 18.0 Å². The minimum absolute atomic E-state index is 0.0148. The first-order valence-electron chi connectivity index (χ1n) is 5.30. The molecule has 0 aromatic carbocycles. The van der Waals surface area contributed by atoms with Gasteiger partial charge in [-0.25, -0.2) is 4.68 Å². The molecule has 1 aromatic heterocycles. The maximum Gasteiger partial charge on any atom is 0.148 e. The normalized spacial score (nSPS) is 12.8. The topological polar surface area (TPSA) is 76.1 Å². The van der Waals surface area contributed by atoms with Crippen LogP contribution in [0.4, 0.5) is 11.5 Å². The number of rotatable bonds is 5. The van der Waals surface area contributed by atoms with E-state index in [0.29, 0.717) is 5.69 Å². The summed E-state index contributed by atoms with van der Waals surface area (Å²) < 4.78 is 1.86. The van der Waals surface area contributed by atoms with Crippen molar-refractivity contribution in [2.75, 3.05) is 17.7 Å². The molecule has 1 rings (SSSR count). The molecule has 0 aliphatic heterocycles. The molecular formula is C10H20N4O. The van der Waals surface area contributed by atoms with E-state index in [1.165, 1.54) is 0 Å². The summed E-state index contributed by atoms with van der Waals surface area (Å²) in [6.45, 7) is 6.79. The van der Waals surface area contributed by atoms with E-state index in [9.17, 15) is 0 Å². The molecule has 1 unspecified atom stereocenters. The van der Waals surface area contributed by atoms with Crippen LogP contribution in [-0.2, 0) is 6.54 Å². The van der Waals surface area contributed by atoms with Crippen molar-refractivity contribution < 1.29 is 5.11 Å². The van der Waals surface area contributed by atoms with Crippen molar-refractivity contribution in [3.05, 3.63) is 5.69 Å². The molecular weight excluding hydrogens is 192 g/mol. The van der Waals surface area contributed by atoms with Crippen LogP contribution in [-0.4, -0.2) is 27.5 Å². The zero-order valence-electron chi connectivity index (χ0n) is 9.62. The molecule has 0 aliphatic rings. The Bertz CT molecular complexity index is 321. The van der Waals surface area contributed by atoms with Crippen molar-refractivity contribution in [2.24, 2.45) is 0 Å². The van der Waals surface area contributed by atoms with Crippen LogP contribution in [0.2, 0.25) is 0 Å². The molecule has 0 fully saturated rings. The predicted octanol–water partition coefficient (Wildman–Crippen LogP) is 0.976. The van der Waals surface area contributed by atoms with Gasteiger partial charge in [-0.3, -0.25) is 0 Å². The largest absolute Gasteiger partial charge is 0.394 e. The molecule has 5 heteroatoms. The number of aryl methyl sites for hydroxylation is 2. The number of anilines is 2. The maximum absolute atomic E-state index is 8.98. The second-order valence-corrected chi connectivity index (χ2v) is 3.80. The van der Waals surface area contributed by atoms with Gasteiger partial charge >= 0.3 is 0 Å². The van der Waals surface area contributed by atoms with E-state index in [2.05, 4.69) is 17.3 Å². The number of aromatic nitrogens is 2. The third kappa shape index (κ3) is 2.62. The summed E-state index contributed by atoms with van der Waals surface area (Å²) in [4.78, 5) is 0. The smallest absolute Gasteiger partial charge is 0.148 e. The first-order chi connectivity index (χ1) is 7.10. The Balaban J connectivity index is 2.91. The van der Waals surface area contributed by atoms with E-state index >= 15 is 0 Å². The Morgan fingerprint density at radius 3 is 2.80 bits per heavy atom. The summed E-state index contributed by atoms with van der Waals surface area (Å²) in [5, 5.41) is 16.5. The molecule has 0 aliphatic carbocycles. The number of nitrogen functional groups attached to an aromatic ring is 1. The van der Waals surface area contributed by atoms with E-state index in [4.69, 9.17) is 10.8 Å². The van der Waals surface area contributed by atoms with Crippen LogP contribution in [0.1, 0.15) is 26.0 Å². The lowest BCUT2D eigenvalue weighted by Crippen LogP contribution is -2.22. The standard InChI is InChI=1S/C10H20N4O/c1-4-5-14-10(12-7(2)6-15)9(11)8(3)13-14/h7,12,15H,4-6,11H2,1-3H3. The molecule has 0 saturated carbocycles. The molecule has 1 heterocycles. The fourth-order valence-electron chi connectivity index (χ4n) is 1.40. The predicted molar refractivity (Wildman–Crippen MR) is 61.8 cm³/mol. The molecule has 5 nitrogen and oxygen atoms in total. The highest BCUT2D eigenvalue weighted by Gasteiger charge is 2.13. The van der Waals surface area contributed by atoms with Crippen LogP contribution in [0, 0.1) is 6.92 Å². The summed E-state index contributed by atoms with van der Waals surface area (Å²) in [7, 11) is 0. The average Bonchev–Trinajstić information content (AvgIpc) is 2.46. The molecule has 0 amide bonds. The molecule has 0 bridgehead atoms. The lowest BCUT2D eigenvalue weighted by molar-refractivity contribution is 0.281. The Hall–Kier alpha value is -1.23. The van der Waals surface area contributed by atoms with Crippen LogP contribution >= 0.6 is 0 Å². The number of nitrogens with one attached hydrogen (secondary N) is 1. The maximum atomic E-state index is 8.98. The average molecular weight is 212 g/mol. The SMILES string of the molecule is CCCn1nc(C)c(N)c1NC(C)CO. The quantitative estimate of drug-likeness (QED) is 0.680.